The molecule has 3 rings (SSSR count). The molecule has 0 radical (unpaired) electrons. The highest BCUT2D eigenvalue weighted by atomic mass is 15.2. The predicted molar refractivity (Wildman–Crippen MR) is 165 cm³/mol. The number of rotatable bonds is 19. The molecule has 0 aromatic heterocycles. The molecule has 0 spiro atoms. The fourth-order valence-electron chi connectivity index (χ4n) is 5.62. The number of allylic oxidation sites excluding steroid dienone is 2. The molecular weight excluding hydrogens is 460 g/mol. The Balaban J connectivity index is 1.79. The van der Waals surface area contributed by atoms with Gasteiger partial charge in [0.2, 0.25) is 11.4 Å². The maximum absolute atomic E-state index is 11.6. The van der Waals surface area contributed by atoms with Crippen molar-refractivity contribution in [2.45, 2.75) is 130 Å². The minimum Gasteiger partial charge on any atom is -0.493 e. The van der Waals surface area contributed by atoms with Crippen LogP contribution >= 0.6 is 0 Å². The van der Waals surface area contributed by atoms with Crippen molar-refractivity contribution in [3.63, 3.8) is 0 Å². The number of hydrogen-bond donors (Lipinski definition) is 0. The molecular formula is C36H52N2. The smallest absolute Gasteiger partial charge is 0.210 e. The molecule has 1 aliphatic heterocycles. The summed E-state index contributed by atoms with van der Waals surface area (Å²) in [5.41, 5.74) is 19.8. The fourth-order valence-corrected chi connectivity index (χ4v) is 5.62. The van der Waals surface area contributed by atoms with Gasteiger partial charge in [-0.1, -0.05) is 116 Å². The Hall–Kier alpha value is -2.48. The summed E-state index contributed by atoms with van der Waals surface area (Å²) in [6.07, 6.45) is 23.4. The van der Waals surface area contributed by atoms with Crippen molar-refractivity contribution in [3.8, 4) is 0 Å². The lowest BCUT2D eigenvalue weighted by molar-refractivity contribution is -0.344. The first kappa shape index (κ1) is 30.1. The third kappa shape index (κ3) is 9.37. The third-order valence-electron chi connectivity index (χ3n) is 7.92. The van der Waals surface area contributed by atoms with Crippen molar-refractivity contribution in [2.24, 2.45) is 0 Å². The molecule has 0 saturated carbocycles. The Labute approximate surface area is 233 Å². The highest BCUT2D eigenvalue weighted by Gasteiger charge is 2.29. The number of benzene rings is 2. The fraction of sp³-hybridized carbons (Fsp3) is 0.556. The van der Waals surface area contributed by atoms with E-state index in [1.165, 1.54) is 111 Å². The Morgan fingerprint density at radius 1 is 0.553 bits per heavy atom. The van der Waals surface area contributed by atoms with Gasteiger partial charge in [0.1, 0.15) is 0 Å². The summed E-state index contributed by atoms with van der Waals surface area (Å²) < 4.78 is 1.48. The summed E-state index contributed by atoms with van der Waals surface area (Å²) in [5, 5.41) is 0. The molecule has 0 unspecified atom stereocenters. The van der Waals surface area contributed by atoms with Gasteiger partial charge in [0.15, 0.2) is 0 Å². The topological polar surface area (TPSA) is 25.3 Å². The second-order valence-electron chi connectivity index (χ2n) is 11.3. The molecule has 2 aromatic rings. The zero-order valence-corrected chi connectivity index (χ0v) is 24.6. The van der Waals surface area contributed by atoms with Crippen molar-refractivity contribution in [1.29, 1.82) is 0 Å². The van der Waals surface area contributed by atoms with Gasteiger partial charge < -0.3 is 5.53 Å². The Morgan fingerprint density at radius 3 is 1.63 bits per heavy atom. The van der Waals surface area contributed by atoms with Gasteiger partial charge in [-0.05, 0) is 73.9 Å². The van der Waals surface area contributed by atoms with E-state index in [1.54, 1.807) is 0 Å². The molecule has 1 heterocycles. The van der Waals surface area contributed by atoms with Crippen LogP contribution in [0.15, 0.2) is 60.2 Å². The van der Waals surface area contributed by atoms with Crippen molar-refractivity contribution >= 4 is 11.4 Å². The SMILES string of the molecule is CCCCCCCCC1=C(c2cccc(CCCCCC)c2)[N+](=[N-])C(c2cccc(CCCCCC)c2)=C1. The van der Waals surface area contributed by atoms with E-state index in [2.05, 4.69) is 75.4 Å². The summed E-state index contributed by atoms with van der Waals surface area (Å²) in [6.45, 7) is 6.80. The zero-order valence-electron chi connectivity index (χ0n) is 24.6. The van der Waals surface area contributed by atoms with Crippen molar-refractivity contribution < 1.29 is 4.70 Å². The van der Waals surface area contributed by atoms with Crippen LogP contribution < -0.4 is 0 Å². The normalized spacial score (nSPS) is 13.4. The molecule has 0 N–H and O–H groups in total. The average molecular weight is 513 g/mol. The molecule has 2 aromatic carbocycles. The summed E-state index contributed by atoms with van der Waals surface area (Å²) >= 11 is 0. The quantitative estimate of drug-likeness (QED) is 0.132. The highest BCUT2D eigenvalue weighted by molar-refractivity contribution is 5.78. The highest BCUT2D eigenvalue weighted by Crippen LogP contribution is 2.38. The van der Waals surface area contributed by atoms with Gasteiger partial charge in [0.25, 0.3) is 0 Å². The Morgan fingerprint density at radius 2 is 1.03 bits per heavy atom. The van der Waals surface area contributed by atoms with Gasteiger partial charge in [-0.15, -0.1) is 0 Å². The zero-order chi connectivity index (χ0) is 27.0. The van der Waals surface area contributed by atoms with E-state index < -0.39 is 0 Å². The van der Waals surface area contributed by atoms with E-state index in [9.17, 15) is 5.53 Å². The molecule has 2 nitrogen and oxygen atoms in total. The lowest BCUT2D eigenvalue weighted by Gasteiger charge is -2.12. The summed E-state index contributed by atoms with van der Waals surface area (Å²) in [6, 6.07) is 17.7. The maximum Gasteiger partial charge on any atom is 0.210 e. The molecule has 0 bridgehead atoms. The summed E-state index contributed by atoms with van der Waals surface area (Å²) in [7, 11) is 0. The second kappa shape index (κ2) is 17.2. The molecule has 2 heteroatoms. The molecule has 206 valence electrons. The Bertz CT molecular complexity index is 1060. The molecule has 0 amide bonds. The van der Waals surface area contributed by atoms with Crippen molar-refractivity contribution in [1.82, 2.24) is 0 Å². The van der Waals surface area contributed by atoms with E-state index in [0.29, 0.717) is 0 Å². The van der Waals surface area contributed by atoms with Gasteiger partial charge in [-0.2, -0.15) is 0 Å². The van der Waals surface area contributed by atoms with Crippen LogP contribution in [0.25, 0.3) is 16.9 Å². The van der Waals surface area contributed by atoms with Crippen LogP contribution in [0.4, 0.5) is 0 Å². The van der Waals surface area contributed by atoms with E-state index in [-0.39, 0.29) is 0 Å². The largest absolute Gasteiger partial charge is 0.493 e. The molecule has 0 fully saturated rings. The number of unbranched alkanes of at least 4 members (excludes halogenated alkanes) is 11. The van der Waals surface area contributed by atoms with Crippen LogP contribution in [0, 0.1) is 0 Å². The van der Waals surface area contributed by atoms with Crippen LogP contribution in [0.3, 0.4) is 0 Å². The monoisotopic (exact) mass is 512 g/mol. The van der Waals surface area contributed by atoms with Crippen molar-refractivity contribution in [2.75, 3.05) is 0 Å². The van der Waals surface area contributed by atoms with E-state index in [0.717, 1.165) is 41.8 Å². The third-order valence-corrected chi connectivity index (χ3v) is 7.92. The Kier molecular flexibility index (Phi) is 13.6. The summed E-state index contributed by atoms with van der Waals surface area (Å²) in [5.74, 6) is 0. The van der Waals surface area contributed by atoms with Crippen LogP contribution in [0.1, 0.15) is 139 Å². The van der Waals surface area contributed by atoms with Crippen molar-refractivity contribution in [3.05, 3.63) is 88.0 Å². The van der Waals surface area contributed by atoms with Gasteiger partial charge in [0, 0.05) is 22.8 Å². The van der Waals surface area contributed by atoms with Crippen LogP contribution in [0.2, 0.25) is 0 Å². The van der Waals surface area contributed by atoms with Crippen LogP contribution in [-0.2, 0) is 12.8 Å². The minimum absolute atomic E-state index is 0.921. The average Bonchev–Trinajstić information content (AvgIpc) is 3.27. The van der Waals surface area contributed by atoms with E-state index in [1.807, 2.05) is 0 Å². The lowest BCUT2D eigenvalue weighted by Crippen LogP contribution is -2.03. The van der Waals surface area contributed by atoms with Gasteiger partial charge in [0.05, 0.1) is 0 Å². The minimum atomic E-state index is 0.921. The van der Waals surface area contributed by atoms with E-state index >= 15 is 0 Å². The first-order chi connectivity index (χ1) is 18.7. The molecule has 0 atom stereocenters. The first-order valence-electron chi connectivity index (χ1n) is 15.8. The number of aryl methyl sites for hydroxylation is 2. The molecule has 0 aliphatic carbocycles. The second-order valence-corrected chi connectivity index (χ2v) is 11.3. The molecule has 38 heavy (non-hydrogen) atoms. The standard InChI is InChI=1S/C36H52N2/c1-4-7-10-13-14-17-24-34-29-35(32-25-18-22-30(27-32)20-15-11-8-5-2)38(37)36(34)33-26-19-23-31(28-33)21-16-12-9-6-3/h18-19,22-23,25-29H,4-17,20-21,24H2,1-3H3. The summed E-state index contributed by atoms with van der Waals surface area (Å²) in [4.78, 5) is 0. The predicted octanol–water partition coefficient (Wildman–Crippen LogP) is 11.5. The maximum atomic E-state index is 11.6. The molecule has 0 saturated heterocycles. The molecule has 1 aliphatic rings. The van der Waals surface area contributed by atoms with Crippen LogP contribution in [0.5, 0.6) is 0 Å². The van der Waals surface area contributed by atoms with Gasteiger partial charge in [-0.25, -0.2) is 4.70 Å². The number of nitrogens with zero attached hydrogens (tertiary/aromatic N) is 2. The first-order valence-corrected chi connectivity index (χ1v) is 15.8. The number of hydrogen-bond acceptors (Lipinski definition) is 0. The van der Waals surface area contributed by atoms with Gasteiger partial charge >= 0.3 is 0 Å². The van der Waals surface area contributed by atoms with Crippen LogP contribution in [-0.4, -0.2) is 4.70 Å². The van der Waals surface area contributed by atoms with Gasteiger partial charge in [-0.3, -0.25) is 0 Å². The van der Waals surface area contributed by atoms with E-state index in [4.69, 9.17) is 0 Å². The lowest BCUT2D eigenvalue weighted by atomic mass is 9.98.